The normalized spacial score (nSPS) is 17.8. The number of carbonyl (C=O) groups is 6. The standard InChI is InChI=1S/C38H54N6O10/c1-22-33(46)43-28(36(49)53-9)19-23-13-15-29(51-7)25(18-23)26-20-24(14-16-30(26)52-8)32(34(47)41-22)44(6)35(48)27(42-31(45)21-39-5)12-10-11-17-40-37(50)54-38(2,3)4/h13-16,18,20,22,27-28,32,39H,10-12,17,19,21H2,1-9H3,(H,40,50)(H,41,47)(H,42,45)(H,43,46)/t22-,27-,28-,32-/m0/s1. The number of fused-ring (bicyclic) bond motifs is 5. The van der Waals surface area contributed by atoms with E-state index in [1.807, 2.05) is 0 Å². The molecule has 4 bridgehead atoms. The van der Waals surface area contributed by atoms with Gasteiger partial charge in [-0.05, 0) is 89.4 Å². The van der Waals surface area contributed by atoms with Crippen molar-refractivity contribution in [1.29, 1.82) is 0 Å². The van der Waals surface area contributed by atoms with Crippen molar-refractivity contribution < 1.29 is 47.7 Å². The zero-order valence-electron chi connectivity index (χ0n) is 32.5. The van der Waals surface area contributed by atoms with Gasteiger partial charge in [-0.3, -0.25) is 19.2 Å². The second kappa shape index (κ2) is 19.6. The van der Waals surface area contributed by atoms with Crippen molar-refractivity contribution in [3.8, 4) is 22.6 Å². The van der Waals surface area contributed by atoms with Gasteiger partial charge in [0.2, 0.25) is 23.6 Å². The highest BCUT2D eigenvalue weighted by Gasteiger charge is 2.36. The number of hydrogen-bond acceptors (Lipinski definition) is 11. The lowest BCUT2D eigenvalue weighted by Crippen LogP contribution is -2.55. The van der Waals surface area contributed by atoms with Crippen molar-refractivity contribution in [2.24, 2.45) is 0 Å². The molecule has 0 spiro atoms. The number of amides is 5. The van der Waals surface area contributed by atoms with Gasteiger partial charge in [0.1, 0.15) is 41.3 Å². The Kier molecular flexibility index (Phi) is 15.6. The minimum atomic E-state index is -1.30. The quantitative estimate of drug-likeness (QED) is 0.148. The number of rotatable bonds is 13. The van der Waals surface area contributed by atoms with Gasteiger partial charge in [-0.25, -0.2) is 9.59 Å². The minimum absolute atomic E-state index is 0.0560. The summed E-state index contributed by atoms with van der Waals surface area (Å²) >= 11 is 0. The van der Waals surface area contributed by atoms with Crippen LogP contribution in [0.15, 0.2) is 36.4 Å². The molecule has 0 fully saturated rings. The highest BCUT2D eigenvalue weighted by Crippen LogP contribution is 2.39. The number of esters is 1. The van der Waals surface area contributed by atoms with Crippen LogP contribution < -0.4 is 36.1 Å². The summed E-state index contributed by atoms with van der Waals surface area (Å²) in [6.07, 6.45) is 0.604. The first-order valence-corrected chi connectivity index (χ1v) is 17.7. The molecule has 5 N–H and O–H groups in total. The van der Waals surface area contributed by atoms with Gasteiger partial charge < -0.3 is 50.4 Å². The van der Waals surface area contributed by atoms with Crippen molar-refractivity contribution in [3.05, 3.63) is 47.5 Å². The summed E-state index contributed by atoms with van der Waals surface area (Å²) in [5.41, 5.74) is 1.50. The molecule has 2 aromatic rings. The van der Waals surface area contributed by atoms with E-state index in [1.54, 1.807) is 64.2 Å². The van der Waals surface area contributed by atoms with E-state index < -0.39 is 65.5 Å². The maximum Gasteiger partial charge on any atom is 0.407 e. The first-order chi connectivity index (χ1) is 25.5. The number of nitrogens with zero attached hydrogens (tertiary/aromatic N) is 1. The molecule has 0 saturated heterocycles. The Morgan fingerprint density at radius 3 is 2.19 bits per heavy atom. The van der Waals surface area contributed by atoms with Gasteiger partial charge >= 0.3 is 12.1 Å². The van der Waals surface area contributed by atoms with Crippen molar-refractivity contribution in [3.63, 3.8) is 0 Å². The Balaban J connectivity index is 2.07. The molecule has 0 radical (unpaired) electrons. The molecule has 16 nitrogen and oxygen atoms in total. The van der Waals surface area contributed by atoms with Gasteiger partial charge in [-0.1, -0.05) is 12.1 Å². The number of likely N-dealkylation sites (N-methyl/N-ethyl adjacent to an activating group) is 2. The average molecular weight is 755 g/mol. The molecule has 296 valence electrons. The summed E-state index contributed by atoms with van der Waals surface area (Å²) in [5.74, 6) is -2.12. The Bertz CT molecular complexity index is 1680. The molecule has 0 aliphatic carbocycles. The first-order valence-electron chi connectivity index (χ1n) is 17.7. The van der Waals surface area contributed by atoms with Crippen LogP contribution in [-0.2, 0) is 39.9 Å². The molecule has 5 amide bonds. The number of alkyl carbamates (subject to hydrolysis) is 1. The van der Waals surface area contributed by atoms with Crippen LogP contribution in [0.3, 0.4) is 0 Å². The number of ether oxygens (including phenoxy) is 4. The van der Waals surface area contributed by atoms with E-state index in [-0.39, 0.29) is 25.9 Å². The third-order valence-corrected chi connectivity index (χ3v) is 8.63. The van der Waals surface area contributed by atoms with Gasteiger partial charge in [0.25, 0.3) is 0 Å². The second-order valence-electron chi connectivity index (χ2n) is 13.9. The highest BCUT2D eigenvalue weighted by molar-refractivity contribution is 5.96. The monoisotopic (exact) mass is 754 g/mol. The summed E-state index contributed by atoms with van der Waals surface area (Å²) < 4.78 is 21.7. The van der Waals surface area contributed by atoms with Gasteiger partial charge in [0, 0.05) is 31.1 Å². The molecule has 0 aromatic heterocycles. The minimum Gasteiger partial charge on any atom is -0.496 e. The number of unbranched alkanes of at least 4 members (excludes halogenated alkanes) is 1. The van der Waals surface area contributed by atoms with Crippen molar-refractivity contribution >= 4 is 35.7 Å². The summed E-state index contributed by atoms with van der Waals surface area (Å²) in [4.78, 5) is 80.9. The zero-order valence-corrected chi connectivity index (χ0v) is 32.5. The van der Waals surface area contributed by atoms with Gasteiger partial charge in [0.05, 0.1) is 27.9 Å². The third-order valence-electron chi connectivity index (χ3n) is 8.63. The van der Waals surface area contributed by atoms with Crippen LogP contribution in [0.4, 0.5) is 4.79 Å². The number of carbonyl (C=O) groups excluding carboxylic acids is 6. The van der Waals surface area contributed by atoms with Gasteiger partial charge in [0.15, 0.2) is 0 Å². The molecule has 4 atom stereocenters. The first kappa shape index (κ1) is 43.0. The molecule has 3 rings (SSSR count). The third kappa shape index (κ3) is 11.8. The van der Waals surface area contributed by atoms with Crippen LogP contribution >= 0.6 is 0 Å². The van der Waals surface area contributed by atoms with Crippen molar-refractivity contribution in [2.75, 3.05) is 48.5 Å². The van der Waals surface area contributed by atoms with Crippen LogP contribution in [0.5, 0.6) is 11.5 Å². The smallest absolute Gasteiger partial charge is 0.407 e. The maximum atomic E-state index is 14.3. The molecule has 1 heterocycles. The Hall–Kier alpha value is -5.38. The van der Waals surface area contributed by atoms with Crippen molar-refractivity contribution in [1.82, 2.24) is 31.5 Å². The van der Waals surface area contributed by atoms with Crippen LogP contribution in [0, 0.1) is 0 Å². The predicted molar refractivity (Wildman–Crippen MR) is 200 cm³/mol. The fourth-order valence-electron chi connectivity index (χ4n) is 5.99. The molecule has 0 unspecified atom stereocenters. The van der Waals surface area contributed by atoms with E-state index in [0.29, 0.717) is 46.6 Å². The zero-order chi connectivity index (χ0) is 40.2. The lowest BCUT2D eigenvalue weighted by atomic mass is 9.93. The van der Waals surface area contributed by atoms with Crippen LogP contribution in [0.25, 0.3) is 11.1 Å². The molecule has 0 saturated carbocycles. The molecule has 54 heavy (non-hydrogen) atoms. The molecule has 1 aliphatic rings. The Labute approximate surface area is 316 Å². The Morgan fingerprint density at radius 2 is 1.57 bits per heavy atom. The van der Waals surface area contributed by atoms with E-state index in [0.717, 1.165) is 0 Å². The fourth-order valence-corrected chi connectivity index (χ4v) is 5.99. The van der Waals surface area contributed by atoms with Gasteiger partial charge in [-0.15, -0.1) is 0 Å². The van der Waals surface area contributed by atoms with E-state index >= 15 is 0 Å². The SMILES string of the molecule is CNCC(=O)N[C@@H](CCCCNC(=O)OC(C)(C)C)C(=O)N(C)[C@@H]1C(=O)N[C@@H](C)C(=O)N[C@H](C(=O)OC)Cc2ccc(OC)c(c2)-c2cc1ccc2OC. The van der Waals surface area contributed by atoms with Crippen molar-refractivity contribution in [2.45, 2.75) is 83.1 Å². The van der Waals surface area contributed by atoms with E-state index in [9.17, 15) is 28.8 Å². The van der Waals surface area contributed by atoms with Crippen LogP contribution in [0.1, 0.15) is 64.1 Å². The summed E-state index contributed by atoms with van der Waals surface area (Å²) in [5, 5.41) is 13.6. The topological polar surface area (TPSA) is 203 Å². The maximum absolute atomic E-state index is 14.3. The second-order valence-corrected chi connectivity index (χ2v) is 13.9. The number of methoxy groups -OCH3 is 3. The largest absolute Gasteiger partial charge is 0.496 e. The predicted octanol–water partition coefficient (Wildman–Crippen LogP) is 1.99. The molecular weight excluding hydrogens is 700 g/mol. The van der Waals surface area contributed by atoms with E-state index in [4.69, 9.17) is 18.9 Å². The molecule has 1 aliphatic heterocycles. The van der Waals surface area contributed by atoms with E-state index in [2.05, 4.69) is 26.6 Å². The molecule has 16 heteroatoms. The van der Waals surface area contributed by atoms with E-state index in [1.165, 1.54) is 40.2 Å². The lowest BCUT2D eigenvalue weighted by molar-refractivity contribution is -0.145. The summed E-state index contributed by atoms with van der Waals surface area (Å²) in [6.45, 7) is 6.96. The molecule has 2 aromatic carbocycles. The van der Waals surface area contributed by atoms with Crippen LogP contribution in [-0.4, -0.2) is 113 Å². The highest BCUT2D eigenvalue weighted by atomic mass is 16.6. The average Bonchev–Trinajstić information content (AvgIpc) is 3.12. The number of hydrogen-bond donors (Lipinski definition) is 5. The van der Waals surface area contributed by atoms with Crippen LogP contribution in [0.2, 0.25) is 0 Å². The summed E-state index contributed by atoms with van der Waals surface area (Å²) in [6, 6.07) is 5.74. The Morgan fingerprint density at radius 1 is 0.926 bits per heavy atom. The fraction of sp³-hybridized carbons (Fsp3) is 0.526. The lowest BCUT2D eigenvalue weighted by Gasteiger charge is -2.32. The molecular formula is C38H54N6O10. The summed E-state index contributed by atoms with van der Waals surface area (Å²) in [7, 11) is 7.26. The number of nitrogens with one attached hydrogen (secondary N) is 5. The van der Waals surface area contributed by atoms with Gasteiger partial charge in [-0.2, -0.15) is 0 Å². The number of benzene rings is 2.